The molecular weight excluding hydrogens is 232 g/mol. The number of hydrogen-bond acceptors (Lipinski definition) is 4. The number of anilines is 1. The Morgan fingerprint density at radius 3 is 2.78 bits per heavy atom. The van der Waals surface area contributed by atoms with Crippen LogP contribution in [-0.4, -0.2) is 18.1 Å². The molecule has 1 N–H and O–H groups in total. The van der Waals surface area contributed by atoms with E-state index in [2.05, 4.69) is 12.2 Å². The van der Waals surface area contributed by atoms with Crippen LogP contribution in [-0.2, 0) is 0 Å². The van der Waals surface area contributed by atoms with Gasteiger partial charge in [-0.05, 0) is 37.3 Å². The number of ether oxygens (including phenoxy) is 1. The van der Waals surface area contributed by atoms with Crippen molar-refractivity contribution >= 4 is 11.4 Å². The highest BCUT2D eigenvalue weighted by Gasteiger charge is 2.26. The SMILES string of the molecule is COc1cccc(NC2CCC(C)C2)c1[N+](=O)[O-]. The van der Waals surface area contributed by atoms with Gasteiger partial charge in [-0.2, -0.15) is 0 Å². The lowest BCUT2D eigenvalue weighted by Gasteiger charge is -2.15. The number of rotatable bonds is 4. The second-order valence-electron chi connectivity index (χ2n) is 4.87. The molecule has 0 aliphatic heterocycles. The lowest BCUT2D eigenvalue weighted by molar-refractivity contribution is -0.384. The monoisotopic (exact) mass is 250 g/mol. The van der Waals surface area contributed by atoms with Crippen molar-refractivity contribution < 1.29 is 9.66 Å². The van der Waals surface area contributed by atoms with Gasteiger partial charge in [-0.3, -0.25) is 10.1 Å². The molecule has 1 fully saturated rings. The highest BCUT2D eigenvalue weighted by atomic mass is 16.6. The van der Waals surface area contributed by atoms with E-state index in [0.717, 1.165) is 12.8 Å². The first-order valence-electron chi connectivity index (χ1n) is 6.19. The molecule has 2 rings (SSSR count). The molecule has 0 spiro atoms. The Hall–Kier alpha value is -1.78. The number of methoxy groups -OCH3 is 1. The van der Waals surface area contributed by atoms with Crippen molar-refractivity contribution in [3.63, 3.8) is 0 Å². The van der Waals surface area contributed by atoms with Gasteiger partial charge in [0, 0.05) is 6.04 Å². The molecule has 98 valence electrons. The Morgan fingerprint density at radius 1 is 1.44 bits per heavy atom. The Balaban J connectivity index is 2.24. The highest BCUT2D eigenvalue weighted by Crippen LogP contribution is 2.37. The van der Waals surface area contributed by atoms with Gasteiger partial charge in [-0.25, -0.2) is 0 Å². The molecule has 5 nitrogen and oxygen atoms in total. The van der Waals surface area contributed by atoms with Crippen molar-refractivity contribution in [2.45, 2.75) is 32.2 Å². The molecule has 0 amide bonds. The fourth-order valence-electron chi connectivity index (χ4n) is 2.55. The first-order chi connectivity index (χ1) is 8.61. The third-order valence-corrected chi connectivity index (χ3v) is 3.46. The second-order valence-corrected chi connectivity index (χ2v) is 4.87. The summed E-state index contributed by atoms with van der Waals surface area (Å²) >= 11 is 0. The van der Waals surface area contributed by atoms with Crippen LogP contribution in [0.25, 0.3) is 0 Å². The van der Waals surface area contributed by atoms with Gasteiger partial charge in [0.1, 0.15) is 5.69 Å². The van der Waals surface area contributed by atoms with Crippen molar-refractivity contribution in [3.8, 4) is 5.75 Å². The van der Waals surface area contributed by atoms with Gasteiger partial charge in [0.05, 0.1) is 12.0 Å². The number of nitrogens with one attached hydrogen (secondary N) is 1. The average Bonchev–Trinajstić information content (AvgIpc) is 2.74. The third kappa shape index (κ3) is 2.55. The molecular formula is C13H18N2O3. The lowest BCUT2D eigenvalue weighted by atomic mass is 10.1. The van der Waals surface area contributed by atoms with Crippen LogP contribution in [0.1, 0.15) is 26.2 Å². The molecule has 0 aromatic heterocycles. The number of nitro groups is 1. The highest BCUT2D eigenvalue weighted by molar-refractivity contribution is 5.68. The average molecular weight is 250 g/mol. The summed E-state index contributed by atoms with van der Waals surface area (Å²) in [6, 6.07) is 5.45. The second kappa shape index (κ2) is 5.25. The zero-order valence-electron chi connectivity index (χ0n) is 10.7. The summed E-state index contributed by atoms with van der Waals surface area (Å²) in [6.45, 7) is 2.21. The van der Waals surface area contributed by atoms with Crippen molar-refractivity contribution in [2.24, 2.45) is 5.92 Å². The van der Waals surface area contributed by atoms with Gasteiger partial charge in [0.15, 0.2) is 5.75 Å². The van der Waals surface area contributed by atoms with Gasteiger partial charge < -0.3 is 10.1 Å². The number of benzene rings is 1. The summed E-state index contributed by atoms with van der Waals surface area (Å²) in [5, 5.41) is 14.4. The Morgan fingerprint density at radius 2 is 2.22 bits per heavy atom. The first-order valence-corrected chi connectivity index (χ1v) is 6.19. The Labute approximate surface area is 106 Å². The number of para-hydroxylation sites is 1. The van der Waals surface area contributed by atoms with Crippen LogP contribution in [0.3, 0.4) is 0 Å². The minimum Gasteiger partial charge on any atom is -0.490 e. The number of nitro benzene ring substituents is 1. The molecule has 1 aromatic rings. The van der Waals surface area contributed by atoms with Gasteiger partial charge in [0.2, 0.25) is 0 Å². The van der Waals surface area contributed by atoms with E-state index in [1.54, 1.807) is 18.2 Å². The van der Waals surface area contributed by atoms with Crippen molar-refractivity contribution in [2.75, 3.05) is 12.4 Å². The Kier molecular flexibility index (Phi) is 3.69. The summed E-state index contributed by atoms with van der Waals surface area (Å²) in [4.78, 5) is 10.7. The lowest BCUT2D eigenvalue weighted by Crippen LogP contribution is -2.16. The van der Waals surface area contributed by atoms with E-state index in [1.165, 1.54) is 13.5 Å². The van der Waals surface area contributed by atoms with E-state index in [1.807, 2.05) is 0 Å². The molecule has 1 aliphatic carbocycles. The van der Waals surface area contributed by atoms with Gasteiger partial charge >= 0.3 is 5.69 Å². The zero-order chi connectivity index (χ0) is 13.1. The molecule has 0 radical (unpaired) electrons. The van der Waals surface area contributed by atoms with Crippen LogP contribution in [0.2, 0.25) is 0 Å². The maximum absolute atomic E-state index is 11.1. The van der Waals surface area contributed by atoms with Gasteiger partial charge in [0.25, 0.3) is 0 Å². The minimum atomic E-state index is -0.389. The molecule has 2 atom stereocenters. The molecule has 1 saturated carbocycles. The van der Waals surface area contributed by atoms with Crippen LogP contribution in [0.4, 0.5) is 11.4 Å². The van der Waals surface area contributed by atoms with Crippen LogP contribution < -0.4 is 10.1 Å². The normalized spacial score (nSPS) is 22.8. The molecule has 0 heterocycles. The predicted molar refractivity (Wildman–Crippen MR) is 70.1 cm³/mol. The molecule has 0 bridgehead atoms. The molecule has 1 aromatic carbocycles. The standard InChI is InChI=1S/C13H18N2O3/c1-9-6-7-10(8-9)14-11-4-3-5-12(18-2)13(11)15(16)17/h3-5,9-10,14H,6-8H2,1-2H3. The van der Waals surface area contributed by atoms with Crippen molar-refractivity contribution in [1.29, 1.82) is 0 Å². The quantitative estimate of drug-likeness (QED) is 0.658. The fourth-order valence-corrected chi connectivity index (χ4v) is 2.55. The molecule has 0 saturated heterocycles. The summed E-state index contributed by atoms with van der Waals surface area (Å²) in [7, 11) is 1.45. The van der Waals surface area contributed by atoms with Gasteiger partial charge in [-0.15, -0.1) is 0 Å². The molecule has 18 heavy (non-hydrogen) atoms. The topological polar surface area (TPSA) is 64.4 Å². The minimum absolute atomic E-state index is 0.0274. The van der Waals surface area contributed by atoms with Crippen LogP contribution in [0.5, 0.6) is 5.75 Å². The Bertz CT molecular complexity index is 448. The zero-order valence-corrected chi connectivity index (χ0v) is 10.7. The van der Waals surface area contributed by atoms with Gasteiger partial charge in [-0.1, -0.05) is 13.0 Å². The summed E-state index contributed by atoms with van der Waals surface area (Å²) in [5.74, 6) is 0.989. The van der Waals surface area contributed by atoms with E-state index in [-0.39, 0.29) is 10.6 Å². The smallest absolute Gasteiger partial charge is 0.333 e. The third-order valence-electron chi connectivity index (χ3n) is 3.46. The first kappa shape index (κ1) is 12.7. The summed E-state index contributed by atoms with van der Waals surface area (Å²) in [5.41, 5.74) is 0.581. The number of nitrogens with zero attached hydrogens (tertiary/aromatic N) is 1. The van der Waals surface area contributed by atoms with Crippen molar-refractivity contribution in [3.05, 3.63) is 28.3 Å². The largest absolute Gasteiger partial charge is 0.490 e. The summed E-state index contributed by atoms with van der Waals surface area (Å²) < 4.78 is 5.05. The number of hydrogen-bond donors (Lipinski definition) is 1. The van der Waals surface area contributed by atoms with Crippen LogP contribution in [0.15, 0.2) is 18.2 Å². The van der Waals surface area contributed by atoms with Crippen LogP contribution in [0, 0.1) is 16.0 Å². The van der Waals surface area contributed by atoms with E-state index >= 15 is 0 Å². The molecule has 2 unspecified atom stereocenters. The molecule has 1 aliphatic rings. The maximum atomic E-state index is 11.1. The van der Waals surface area contributed by atoms with E-state index in [0.29, 0.717) is 23.4 Å². The predicted octanol–water partition coefficient (Wildman–Crippen LogP) is 3.20. The van der Waals surface area contributed by atoms with E-state index < -0.39 is 0 Å². The maximum Gasteiger partial charge on any atom is 0.333 e. The van der Waals surface area contributed by atoms with Crippen LogP contribution >= 0.6 is 0 Å². The molecule has 5 heteroatoms. The van der Waals surface area contributed by atoms with E-state index in [9.17, 15) is 10.1 Å². The van der Waals surface area contributed by atoms with E-state index in [4.69, 9.17) is 4.74 Å². The fraction of sp³-hybridized carbons (Fsp3) is 0.538. The summed E-state index contributed by atoms with van der Waals surface area (Å²) in [6.07, 6.45) is 3.30. The van der Waals surface area contributed by atoms with Crippen molar-refractivity contribution in [1.82, 2.24) is 0 Å².